The first-order valence-electron chi connectivity index (χ1n) is 4.01. The Bertz CT molecular complexity index is 206. The molecule has 4 nitrogen and oxygen atoms in total. The standard InChI is InChI=1S/C8H13NO3/c10-4-2-8(12)1-3-9-7(5-8)6-11/h9-10,12H,1-5H2. The van der Waals surface area contributed by atoms with E-state index in [-0.39, 0.29) is 13.0 Å². The van der Waals surface area contributed by atoms with Crippen LogP contribution in [0.5, 0.6) is 0 Å². The van der Waals surface area contributed by atoms with Crippen molar-refractivity contribution in [2.24, 2.45) is 0 Å². The van der Waals surface area contributed by atoms with Gasteiger partial charge in [0.15, 0.2) is 0 Å². The van der Waals surface area contributed by atoms with Crippen molar-refractivity contribution in [3.05, 3.63) is 5.70 Å². The summed E-state index contributed by atoms with van der Waals surface area (Å²) in [7, 11) is 0. The lowest BCUT2D eigenvalue weighted by Gasteiger charge is -2.32. The van der Waals surface area contributed by atoms with E-state index in [9.17, 15) is 9.90 Å². The fraction of sp³-hybridized carbons (Fsp3) is 0.750. The van der Waals surface area contributed by atoms with E-state index in [1.54, 1.807) is 5.94 Å². The Hall–Kier alpha value is -0.830. The number of piperidine rings is 1. The number of hydrogen-bond donors (Lipinski definition) is 3. The Morgan fingerprint density at radius 3 is 3.00 bits per heavy atom. The maximum Gasteiger partial charge on any atom is 0.145 e. The third-order valence-electron chi connectivity index (χ3n) is 2.13. The van der Waals surface area contributed by atoms with Gasteiger partial charge in [0.1, 0.15) is 5.94 Å². The van der Waals surface area contributed by atoms with E-state index in [2.05, 4.69) is 5.32 Å². The molecular weight excluding hydrogens is 158 g/mol. The highest BCUT2D eigenvalue weighted by Gasteiger charge is 2.31. The first-order chi connectivity index (χ1) is 5.70. The molecule has 0 saturated carbocycles. The third kappa shape index (κ3) is 2.08. The van der Waals surface area contributed by atoms with Crippen LogP contribution in [0.4, 0.5) is 0 Å². The zero-order chi connectivity index (χ0) is 9.03. The van der Waals surface area contributed by atoms with Gasteiger partial charge in [0.05, 0.1) is 11.3 Å². The van der Waals surface area contributed by atoms with Gasteiger partial charge in [-0.15, -0.1) is 0 Å². The molecule has 0 bridgehead atoms. The van der Waals surface area contributed by atoms with Crippen LogP contribution in [-0.2, 0) is 4.79 Å². The van der Waals surface area contributed by atoms with Gasteiger partial charge in [-0.2, -0.15) is 0 Å². The van der Waals surface area contributed by atoms with Crippen LogP contribution in [0.1, 0.15) is 19.3 Å². The molecule has 0 amide bonds. The number of carbonyl (C=O) groups excluding carboxylic acids is 1. The van der Waals surface area contributed by atoms with Crippen LogP contribution in [0.25, 0.3) is 0 Å². The van der Waals surface area contributed by atoms with E-state index in [0.29, 0.717) is 25.1 Å². The van der Waals surface area contributed by atoms with Gasteiger partial charge >= 0.3 is 0 Å². The van der Waals surface area contributed by atoms with Crippen LogP contribution in [0.3, 0.4) is 0 Å². The van der Waals surface area contributed by atoms with E-state index >= 15 is 0 Å². The minimum Gasteiger partial charge on any atom is -0.396 e. The highest BCUT2D eigenvalue weighted by atomic mass is 16.3. The number of aliphatic hydroxyl groups excluding tert-OH is 1. The molecule has 12 heavy (non-hydrogen) atoms. The van der Waals surface area contributed by atoms with E-state index in [0.717, 1.165) is 0 Å². The van der Waals surface area contributed by atoms with Crippen LogP contribution < -0.4 is 5.32 Å². The summed E-state index contributed by atoms with van der Waals surface area (Å²) in [6, 6.07) is 0. The SMILES string of the molecule is O=C=C1CC(O)(CCO)CCN1. The van der Waals surface area contributed by atoms with Crippen molar-refractivity contribution in [2.45, 2.75) is 24.9 Å². The second-order valence-corrected chi connectivity index (χ2v) is 3.13. The molecule has 4 heteroatoms. The fourth-order valence-corrected chi connectivity index (χ4v) is 1.42. The fourth-order valence-electron chi connectivity index (χ4n) is 1.42. The molecular formula is C8H13NO3. The largest absolute Gasteiger partial charge is 0.396 e. The molecule has 0 aliphatic carbocycles. The van der Waals surface area contributed by atoms with Crippen LogP contribution in [0.2, 0.25) is 0 Å². The highest BCUT2D eigenvalue weighted by molar-refractivity contribution is 5.52. The van der Waals surface area contributed by atoms with E-state index < -0.39 is 5.60 Å². The number of hydrogen-bond acceptors (Lipinski definition) is 4. The number of rotatable bonds is 2. The van der Waals surface area contributed by atoms with Gasteiger partial charge in [0.25, 0.3) is 0 Å². The second-order valence-electron chi connectivity index (χ2n) is 3.13. The van der Waals surface area contributed by atoms with Gasteiger partial charge in [-0.25, -0.2) is 4.79 Å². The molecule has 68 valence electrons. The zero-order valence-corrected chi connectivity index (χ0v) is 6.84. The molecule has 0 radical (unpaired) electrons. The lowest BCUT2D eigenvalue weighted by atomic mass is 9.88. The quantitative estimate of drug-likeness (QED) is 0.476. The Labute approximate surface area is 70.9 Å². The molecule has 1 heterocycles. The summed E-state index contributed by atoms with van der Waals surface area (Å²) in [5, 5.41) is 21.3. The summed E-state index contributed by atoms with van der Waals surface area (Å²) >= 11 is 0. The van der Waals surface area contributed by atoms with Crippen molar-refractivity contribution in [3.8, 4) is 0 Å². The van der Waals surface area contributed by atoms with Crippen LogP contribution in [0, 0.1) is 0 Å². The minimum atomic E-state index is -0.910. The summed E-state index contributed by atoms with van der Waals surface area (Å²) < 4.78 is 0. The van der Waals surface area contributed by atoms with E-state index in [4.69, 9.17) is 5.11 Å². The molecule has 0 aromatic carbocycles. The maximum atomic E-state index is 10.3. The van der Waals surface area contributed by atoms with E-state index in [1.165, 1.54) is 0 Å². The summed E-state index contributed by atoms with van der Waals surface area (Å²) in [5.41, 5.74) is -0.510. The molecule has 1 aliphatic heterocycles. The van der Waals surface area contributed by atoms with Crippen LogP contribution >= 0.6 is 0 Å². The molecule has 1 fully saturated rings. The Balaban J connectivity index is 2.60. The highest BCUT2D eigenvalue weighted by Crippen LogP contribution is 2.25. The normalized spacial score (nSPS) is 29.3. The maximum absolute atomic E-state index is 10.3. The van der Waals surface area contributed by atoms with Gasteiger partial charge in [-0.3, -0.25) is 0 Å². The van der Waals surface area contributed by atoms with Crippen molar-refractivity contribution in [1.29, 1.82) is 0 Å². The van der Waals surface area contributed by atoms with Gasteiger partial charge in [-0.1, -0.05) is 0 Å². The summed E-state index contributed by atoms with van der Waals surface area (Å²) in [5.74, 6) is 1.73. The Kier molecular flexibility index (Phi) is 2.87. The molecule has 0 aromatic heterocycles. The molecule has 1 atom stereocenters. The third-order valence-corrected chi connectivity index (χ3v) is 2.13. The lowest BCUT2D eigenvalue weighted by Crippen LogP contribution is -2.41. The number of nitrogens with one attached hydrogen (secondary N) is 1. The summed E-state index contributed by atoms with van der Waals surface area (Å²) in [6.45, 7) is 0.518. The first kappa shape index (κ1) is 9.26. The van der Waals surface area contributed by atoms with Crippen molar-refractivity contribution in [1.82, 2.24) is 5.32 Å². The van der Waals surface area contributed by atoms with Crippen LogP contribution in [-0.4, -0.2) is 34.9 Å². The monoisotopic (exact) mass is 171 g/mol. The minimum absolute atomic E-state index is 0.0529. The second kappa shape index (κ2) is 3.72. The van der Waals surface area contributed by atoms with Gasteiger partial charge in [0, 0.05) is 19.6 Å². The molecule has 3 N–H and O–H groups in total. The van der Waals surface area contributed by atoms with Crippen molar-refractivity contribution in [3.63, 3.8) is 0 Å². The molecule has 0 spiro atoms. The van der Waals surface area contributed by atoms with E-state index in [1.807, 2.05) is 0 Å². The zero-order valence-electron chi connectivity index (χ0n) is 6.84. The topological polar surface area (TPSA) is 69.6 Å². The average Bonchev–Trinajstić information content (AvgIpc) is 2.04. The van der Waals surface area contributed by atoms with Crippen LogP contribution in [0.15, 0.2) is 5.70 Å². The smallest absolute Gasteiger partial charge is 0.145 e. The van der Waals surface area contributed by atoms with Crippen molar-refractivity contribution in [2.75, 3.05) is 13.2 Å². The molecule has 0 aromatic rings. The molecule has 1 saturated heterocycles. The van der Waals surface area contributed by atoms with Crippen molar-refractivity contribution >= 4 is 5.94 Å². The Morgan fingerprint density at radius 2 is 2.42 bits per heavy atom. The van der Waals surface area contributed by atoms with Gasteiger partial charge < -0.3 is 15.5 Å². The Morgan fingerprint density at radius 1 is 1.67 bits per heavy atom. The number of aliphatic hydroxyl groups is 2. The molecule has 1 unspecified atom stereocenters. The van der Waals surface area contributed by atoms with Crippen molar-refractivity contribution < 1.29 is 15.0 Å². The van der Waals surface area contributed by atoms with Gasteiger partial charge in [-0.05, 0) is 12.8 Å². The molecule has 1 rings (SSSR count). The molecule has 1 aliphatic rings. The summed E-state index contributed by atoms with van der Waals surface area (Å²) in [6.07, 6.45) is 1.16. The first-order valence-corrected chi connectivity index (χ1v) is 4.01. The predicted octanol–water partition coefficient (Wildman–Crippen LogP) is -0.801. The average molecular weight is 171 g/mol. The lowest BCUT2D eigenvalue weighted by molar-refractivity contribution is -0.000544. The van der Waals surface area contributed by atoms with Gasteiger partial charge in [0.2, 0.25) is 0 Å². The summed E-state index contributed by atoms with van der Waals surface area (Å²) in [4.78, 5) is 10.3. The predicted molar refractivity (Wildman–Crippen MR) is 43.1 cm³/mol.